The van der Waals surface area contributed by atoms with Crippen molar-refractivity contribution in [1.29, 1.82) is 0 Å². The maximum Gasteiger partial charge on any atom is 0.432 e. The van der Waals surface area contributed by atoms with Crippen molar-refractivity contribution in [3.63, 3.8) is 0 Å². The molecule has 0 aliphatic carbocycles. The number of pyridine rings is 1. The van der Waals surface area contributed by atoms with Gasteiger partial charge in [0, 0.05) is 5.56 Å². The Kier molecular flexibility index (Phi) is 3.78. The quantitative estimate of drug-likeness (QED) is 0.668. The number of aryl methyl sites for hydroxylation is 1. The van der Waals surface area contributed by atoms with Crippen molar-refractivity contribution in [2.24, 2.45) is 0 Å². The molecule has 112 valence electrons. The lowest BCUT2D eigenvalue weighted by atomic mass is 10.2. The Morgan fingerprint density at radius 2 is 2.10 bits per heavy atom. The van der Waals surface area contributed by atoms with Gasteiger partial charge in [0.1, 0.15) is 23.5 Å². The molecule has 0 saturated heterocycles. The molecule has 0 unspecified atom stereocenters. The fourth-order valence-corrected chi connectivity index (χ4v) is 1.61. The van der Waals surface area contributed by atoms with E-state index in [4.69, 9.17) is 0 Å². The van der Waals surface area contributed by atoms with Gasteiger partial charge in [-0.2, -0.15) is 13.2 Å². The lowest BCUT2D eigenvalue weighted by Crippen LogP contribution is -2.07. The minimum absolute atomic E-state index is 0.0136. The molecule has 2 aromatic rings. The van der Waals surface area contributed by atoms with Gasteiger partial charge in [-0.05, 0) is 13.0 Å². The van der Waals surface area contributed by atoms with Crippen LogP contribution in [0.3, 0.4) is 0 Å². The van der Waals surface area contributed by atoms with Gasteiger partial charge in [-0.15, -0.1) is 0 Å². The number of aromatic amines is 1. The first kappa shape index (κ1) is 14.8. The summed E-state index contributed by atoms with van der Waals surface area (Å²) in [6.07, 6.45) is -2.69. The zero-order chi connectivity index (χ0) is 15.6. The van der Waals surface area contributed by atoms with Crippen LogP contribution in [-0.4, -0.2) is 19.9 Å². The molecule has 0 atom stereocenters. The minimum Gasteiger partial charge on any atom is -0.363 e. The molecule has 0 amide bonds. The van der Waals surface area contributed by atoms with Crippen LogP contribution in [0.15, 0.2) is 18.5 Å². The molecule has 21 heavy (non-hydrogen) atoms. The molecule has 7 nitrogen and oxygen atoms in total. The summed E-state index contributed by atoms with van der Waals surface area (Å²) in [5.41, 5.74) is -0.669. The highest BCUT2D eigenvalue weighted by Gasteiger charge is 2.32. The number of rotatable bonds is 4. The molecule has 0 aliphatic heterocycles. The zero-order valence-electron chi connectivity index (χ0n) is 10.7. The van der Waals surface area contributed by atoms with Crippen molar-refractivity contribution in [3.8, 4) is 0 Å². The van der Waals surface area contributed by atoms with Gasteiger partial charge in [0.2, 0.25) is 0 Å². The van der Waals surface area contributed by atoms with Crippen LogP contribution in [0.25, 0.3) is 0 Å². The third-order valence-corrected chi connectivity index (χ3v) is 2.65. The lowest BCUT2D eigenvalue weighted by molar-refractivity contribution is -0.385. The molecule has 2 rings (SSSR count). The van der Waals surface area contributed by atoms with Crippen molar-refractivity contribution in [3.05, 3.63) is 45.7 Å². The lowest BCUT2D eigenvalue weighted by Gasteiger charge is -2.05. The molecule has 0 aromatic carbocycles. The number of anilines is 1. The fourth-order valence-electron chi connectivity index (χ4n) is 1.61. The van der Waals surface area contributed by atoms with E-state index in [-0.39, 0.29) is 18.1 Å². The molecule has 0 bridgehead atoms. The molecule has 0 saturated carbocycles. The van der Waals surface area contributed by atoms with Gasteiger partial charge < -0.3 is 10.3 Å². The molecule has 2 N–H and O–H groups in total. The summed E-state index contributed by atoms with van der Waals surface area (Å²) in [6, 6.07) is 1.44. The van der Waals surface area contributed by atoms with Crippen molar-refractivity contribution in [2.75, 3.05) is 5.32 Å². The molecule has 2 heterocycles. The van der Waals surface area contributed by atoms with Crippen molar-refractivity contribution in [1.82, 2.24) is 15.0 Å². The fraction of sp³-hybridized carbons (Fsp3) is 0.273. The third-order valence-electron chi connectivity index (χ3n) is 2.65. The largest absolute Gasteiger partial charge is 0.432 e. The molecule has 0 spiro atoms. The maximum absolute atomic E-state index is 12.4. The van der Waals surface area contributed by atoms with Crippen LogP contribution < -0.4 is 5.32 Å². The van der Waals surface area contributed by atoms with Crippen LogP contribution in [0, 0.1) is 17.0 Å². The van der Waals surface area contributed by atoms with E-state index in [1.165, 1.54) is 6.07 Å². The summed E-state index contributed by atoms with van der Waals surface area (Å²) in [7, 11) is 0. The van der Waals surface area contributed by atoms with Gasteiger partial charge >= 0.3 is 6.18 Å². The molecule has 0 fully saturated rings. The van der Waals surface area contributed by atoms with Gasteiger partial charge in [-0.1, -0.05) is 0 Å². The summed E-state index contributed by atoms with van der Waals surface area (Å²) in [4.78, 5) is 19.6. The Morgan fingerprint density at radius 1 is 1.38 bits per heavy atom. The second-order valence-electron chi connectivity index (χ2n) is 4.21. The normalized spacial score (nSPS) is 11.4. The summed E-state index contributed by atoms with van der Waals surface area (Å²) in [5.74, 6) is 0.392. The van der Waals surface area contributed by atoms with E-state index in [2.05, 4.69) is 20.3 Å². The van der Waals surface area contributed by atoms with E-state index < -0.39 is 16.8 Å². The van der Waals surface area contributed by atoms with E-state index in [0.717, 1.165) is 6.20 Å². The van der Waals surface area contributed by atoms with Crippen molar-refractivity contribution >= 4 is 11.5 Å². The number of nitrogens with one attached hydrogen (secondary N) is 2. The number of aromatic nitrogens is 3. The maximum atomic E-state index is 12.4. The Labute approximate surface area is 116 Å². The zero-order valence-corrected chi connectivity index (χ0v) is 10.7. The first-order valence-electron chi connectivity index (χ1n) is 5.73. The number of imidazole rings is 1. The van der Waals surface area contributed by atoms with E-state index in [0.29, 0.717) is 17.6 Å². The number of alkyl halides is 3. The first-order valence-corrected chi connectivity index (χ1v) is 5.73. The monoisotopic (exact) mass is 301 g/mol. The van der Waals surface area contributed by atoms with Gasteiger partial charge in [0.15, 0.2) is 0 Å². The molecule has 10 heteroatoms. The highest BCUT2D eigenvalue weighted by molar-refractivity contribution is 5.46. The van der Waals surface area contributed by atoms with Crippen LogP contribution in [0.5, 0.6) is 0 Å². The Hall–Kier alpha value is -2.65. The summed E-state index contributed by atoms with van der Waals surface area (Å²) in [6.45, 7) is 1.53. The summed E-state index contributed by atoms with van der Waals surface area (Å²) in [5, 5.41) is 13.4. The van der Waals surface area contributed by atoms with Crippen LogP contribution in [0.4, 0.5) is 24.7 Å². The number of nitrogens with zero attached hydrogens (tertiary/aromatic N) is 3. The number of hydrogen-bond donors (Lipinski definition) is 2. The highest BCUT2D eigenvalue weighted by atomic mass is 19.4. The van der Waals surface area contributed by atoms with Crippen LogP contribution >= 0.6 is 0 Å². The Morgan fingerprint density at radius 3 is 2.62 bits per heavy atom. The molecular formula is C11H10F3N5O2. The van der Waals surface area contributed by atoms with Crippen LogP contribution in [-0.2, 0) is 12.7 Å². The molecular weight excluding hydrogens is 291 g/mol. The van der Waals surface area contributed by atoms with Gasteiger partial charge in [-0.3, -0.25) is 10.1 Å². The molecule has 2 aromatic heterocycles. The summed E-state index contributed by atoms with van der Waals surface area (Å²) < 4.78 is 37.1. The molecule has 0 radical (unpaired) electrons. The Balaban J connectivity index is 2.05. The van der Waals surface area contributed by atoms with Crippen molar-refractivity contribution < 1.29 is 18.1 Å². The second kappa shape index (κ2) is 5.38. The smallest absolute Gasteiger partial charge is 0.363 e. The first-order chi connectivity index (χ1) is 9.77. The SMILES string of the molecule is Cc1cc(NCc2ncc(C(F)(F)F)[nH]2)ncc1[N+](=O)[O-]. The van der Waals surface area contributed by atoms with E-state index in [9.17, 15) is 23.3 Å². The Bertz CT molecular complexity index is 668. The number of H-pyrrole nitrogens is 1. The summed E-state index contributed by atoms with van der Waals surface area (Å²) >= 11 is 0. The topological polar surface area (TPSA) is 96.7 Å². The second-order valence-corrected chi connectivity index (χ2v) is 4.21. The number of nitro groups is 1. The number of hydrogen-bond acceptors (Lipinski definition) is 5. The van der Waals surface area contributed by atoms with Crippen molar-refractivity contribution in [2.45, 2.75) is 19.6 Å². The van der Waals surface area contributed by atoms with Gasteiger partial charge in [-0.25, -0.2) is 9.97 Å². The van der Waals surface area contributed by atoms with E-state index >= 15 is 0 Å². The third kappa shape index (κ3) is 3.46. The van der Waals surface area contributed by atoms with Gasteiger partial charge in [0.05, 0.1) is 17.7 Å². The average Bonchev–Trinajstić information content (AvgIpc) is 2.84. The molecule has 0 aliphatic rings. The van der Waals surface area contributed by atoms with Gasteiger partial charge in [0.25, 0.3) is 5.69 Å². The number of halogens is 3. The van der Waals surface area contributed by atoms with Crippen LogP contribution in [0.2, 0.25) is 0 Å². The standard InChI is InChI=1S/C11H10F3N5O2/c1-6-2-9(15-3-7(6)19(20)21)17-5-10-16-4-8(18-10)11(12,13)14/h2-4H,5H2,1H3,(H,15,17)(H,16,18). The van der Waals surface area contributed by atoms with Crippen LogP contribution in [0.1, 0.15) is 17.1 Å². The predicted molar refractivity (Wildman–Crippen MR) is 66.5 cm³/mol. The highest BCUT2D eigenvalue weighted by Crippen LogP contribution is 2.27. The van der Waals surface area contributed by atoms with E-state index in [1.54, 1.807) is 6.92 Å². The van der Waals surface area contributed by atoms with E-state index in [1.807, 2.05) is 0 Å². The average molecular weight is 301 g/mol. The minimum atomic E-state index is -4.48. The predicted octanol–water partition coefficient (Wildman–Crippen LogP) is 2.65.